The van der Waals surface area contributed by atoms with E-state index in [1.165, 1.54) is 13.2 Å². The van der Waals surface area contributed by atoms with Gasteiger partial charge in [0.25, 0.3) is 0 Å². The fourth-order valence-electron chi connectivity index (χ4n) is 6.39. The van der Waals surface area contributed by atoms with Gasteiger partial charge in [0.1, 0.15) is 12.1 Å². The van der Waals surface area contributed by atoms with Crippen molar-refractivity contribution >= 4 is 18.0 Å². The van der Waals surface area contributed by atoms with Gasteiger partial charge in [0.05, 0.1) is 18.8 Å². The molecule has 0 amide bonds. The number of Topliss-reactive ketones (excluding diaryl/α,β-unsaturated/α-hetero) is 1. The Morgan fingerprint density at radius 2 is 1.92 bits per heavy atom. The van der Waals surface area contributed by atoms with Gasteiger partial charge in [-0.2, -0.15) is 0 Å². The van der Waals surface area contributed by atoms with Crippen molar-refractivity contribution in [3.05, 3.63) is 11.6 Å². The van der Waals surface area contributed by atoms with E-state index in [0.29, 0.717) is 24.7 Å². The first-order valence-corrected chi connectivity index (χ1v) is 9.52. The summed E-state index contributed by atoms with van der Waals surface area (Å²) in [6, 6.07) is 0. The van der Waals surface area contributed by atoms with E-state index in [1.807, 2.05) is 6.92 Å². The van der Waals surface area contributed by atoms with Crippen LogP contribution in [0.25, 0.3) is 0 Å². The van der Waals surface area contributed by atoms with E-state index in [9.17, 15) is 14.4 Å². The van der Waals surface area contributed by atoms with Gasteiger partial charge in [0.2, 0.25) is 0 Å². The molecule has 5 heteroatoms. The van der Waals surface area contributed by atoms with Gasteiger partial charge in [0.15, 0.2) is 0 Å². The summed E-state index contributed by atoms with van der Waals surface area (Å²) < 4.78 is 10.9. The third-order valence-corrected chi connectivity index (χ3v) is 7.21. The molecular formula is C21H30O5. The summed E-state index contributed by atoms with van der Waals surface area (Å²) >= 11 is 0. The number of aldehydes is 1. The zero-order valence-corrected chi connectivity index (χ0v) is 16.5. The number of rotatable bonds is 3. The van der Waals surface area contributed by atoms with Gasteiger partial charge in [0, 0.05) is 24.0 Å². The minimum absolute atomic E-state index is 0.0150. The highest BCUT2D eigenvalue weighted by Crippen LogP contribution is 2.64. The molecule has 144 valence electrons. The van der Waals surface area contributed by atoms with Crippen molar-refractivity contribution in [2.75, 3.05) is 7.11 Å². The molecule has 3 fully saturated rings. The first kappa shape index (κ1) is 19.3. The molecule has 1 heterocycles. The Labute approximate surface area is 155 Å². The van der Waals surface area contributed by atoms with E-state index < -0.39 is 17.7 Å². The highest BCUT2D eigenvalue weighted by Gasteiger charge is 2.65. The van der Waals surface area contributed by atoms with Crippen LogP contribution in [0, 0.1) is 22.7 Å². The molecule has 1 aliphatic heterocycles. The maximum atomic E-state index is 13.1. The number of ether oxygens (including phenoxy) is 2. The van der Waals surface area contributed by atoms with E-state index in [2.05, 4.69) is 25.5 Å². The number of ketones is 1. The van der Waals surface area contributed by atoms with Crippen molar-refractivity contribution in [1.29, 1.82) is 0 Å². The first-order chi connectivity index (χ1) is 12.1. The number of carbonyl (C=O) groups is 3. The maximum Gasteiger partial charge on any atom is 0.330 e. The Balaban J connectivity index is 1.97. The molecule has 2 saturated carbocycles. The van der Waals surface area contributed by atoms with Gasteiger partial charge in [-0.15, -0.1) is 0 Å². The normalized spacial score (nSPS) is 42.0. The van der Waals surface area contributed by atoms with Crippen LogP contribution in [0.5, 0.6) is 0 Å². The molecule has 0 bridgehead atoms. The Morgan fingerprint density at radius 3 is 2.54 bits per heavy atom. The standard InChI is InChI=1S/C21H30O5/c1-19(2)7-6-8-20(3)16-10-15(13(12-22)9-17(24)25-5)26-21(16,4)11-14(23)18(19)20/h9,12,15-16,18H,6-8,10-11H2,1-5H3. The average molecular weight is 362 g/mol. The van der Waals surface area contributed by atoms with Crippen molar-refractivity contribution in [3.63, 3.8) is 0 Å². The molecule has 1 saturated heterocycles. The lowest BCUT2D eigenvalue weighted by Crippen LogP contribution is -2.60. The van der Waals surface area contributed by atoms with E-state index in [4.69, 9.17) is 4.74 Å². The fraction of sp³-hybridized carbons (Fsp3) is 0.762. The third kappa shape index (κ3) is 2.84. The molecular weight excluding hydrogens is 332 g/mol. The van der Waals surface area contributed by atoms with Crippen LogP contribution < -0.4 is 0 Å². The summed E-state index contributed by atoms with van der Waals surface area (Å²) in [6.45, 7) is 8.64. The number of fused-ring (bicyclic) bond motifs is 3. The van der Waals surface area contributed by atoms with Gasteiger partial charge in [-0.05, 0) is 42.9 Å². The van der Waals surface area contributed by atoms with E-state index in [1.54, 1.807) is 0 Å². The van der Waals surface area contributed by atoms with Gasteiger partial charge >= 0.3 is 5.97 Å². The molecule has 5 nitrogen and oxygen atoms in total. The summed E-state index contributed by atoms with van der Waals surface area (Å²) in [5.41, 5.74) is -0.438. The summed E-state index contributed by atoms with van der Waals surface area (Å²) in [5, 5.41) is 0. The van der Waals surface area contributed by atoms with Crippen molar-refractivity contribution in [2.24, 2.45) is 22.7 Å². The van der Waals surface area contributed by atoms with E-state index in [0.717, 1.165) is 19.3 Å². The summed E-state index contributed by atoms with van der Waals surface area (Å²) in [7, 11) is 1.28. The minimum Gasteiger partial charge on any atom is -0.466 e. The second kappa shape index (κ2) is 6.29. The van der Waals surface area contributed by atoms with Gasteiger partial charge < -0.3 is 9.47 Å². The Hall–Kier alpha value is -1.49. The second-order valence-corrected chi connectivity index (χ2v) is 9.42. The monoisotopic (exact) mass is 362 g/mol. The largest absolute Gasteiger partial charge is 0.466 e. The van der Waals surface area contributed by atoms with Crippen LogP contribution in [0.2, 0.25) is 0 Å². The molecule has 0 radical (unpaired) electrons. The topological polar surface area (TPSA) is 69.7 Å². The molecule has 3 rings (SSSR count). The maximum absolute atomic E-state index is 13.1. The molecule has 2 aliphatic carbocycles. The summed E-state index contributed by atoms with van der Waals surface area (Å²) in [6.07, 6.45) is 5.63. The zero-order chi connectivity index (χ0) is 19.3. The smallest absolute Gasteiger partial charge is 0.330 e. The predicted molar refractivity (Wildman–Crippen MR) is 96.4 cm³/mol. The summed E-state index contributed by atoms with van der Waals surface area (Å²) in [4.78, 5) is 36.3. The molecule has 3 aliphatic rings. The Morgan fingerprint density at radius 1 is 1.23 bits per heavy atom. The van der Waals surface area contributed by atoms with Crippen molar-refractivity contribution in [2.45, 2.75) is 71.5 Å². The van der Waals surface area contributed by atoms with Gasteiger partial charge in [-0.1, -0.05) is 27.2 Å². The molecule has 0 N–H and O–H groups in total. The average Bonchev–Trinajstić information content (AvgIpc) is 2.89. The molecule has 5 unspecified atom stereocenters. The molecule has 5 atom stereocenters. The van der Waals surface area contributed by atoms with Gasteiger partial charge in [-0.25, -0.2) is 4.79 Å². The van der Waals surface area contributed by atoms with Crippen molar-refractivity contribution < 1.29 is 23.9 Å². The lowest BCUT2D eigenvalue weighted by atomic mass is 9.45. The number of methoxy groups -OCH3 is 1. The van der Waals surface area contributed by atoms with Crippen LogP contribution in [0.1, 0.15) is 59.8 Å². The van der Waals surface area contributed by atoms with Crippen molar-refractivity contribution in [3.8, 4) is 0 Å². The predicted octanol–water partition coefficient (Wildman–Crippen LogP) is 3.25. The number of esters is 1. The molecule has 26 heavy (non-hydrogen) atoms. The lowest BCUT2D eigenvalue weighted by Gasteiger charge is -2.59. The fourth-order valence-corrected chi connectivity index (χ4v) is 6.39. The Bertz CT molecular complexity index is 663. The van der Waals surface area contributed by atoms with Crippen LogP contribution in [-0.4, -0.2) is 36.9 Å². The molecule has 0 aromatic rings. The van der Waals surface area contributed by atoms with Crippen LogP contribution in [-0.2, 0) is 23.9 Å². The number of carbonyl (C=O) groups excluding carboxylic acids is 3. The lowest BCUT2D eigenvalue weighted by molar-refractivity contribution is -0.172. The first-order valence-electron chi connectivity index (χ1n) is 9.52. The van der Waals surface area contributed by atoms with E-state index in [-0.39, 0.29) is 28.4 Å². The van der Waals surface area contributed by atoms with Gasteiger partial charge in [-0.3, -0.25) is 9.59 Å². The van der Waals surface area contributed by atoms with Crippen LogP contribution in [0.4, 0.5) is 0 Å². The SMILES string of the molecule is COC(=O)C=C(C=O)C1CC2C(C)(CC(=O)C3C(C)(C)CCCC32C)O1. The minimum atomic E-state index is -0.585. The second-order valence-electron chi connectivity index (χ2n) is 9.42. The molecule has 0 aromatic carbocycles. The van der Waals surface area contributed by atoms with E-state index >= 15 is 0 Å². The van der Waals surface area contributed by atoms with Crippen LogP contribution in [0.15, 0.2) is 11.6 Å². The third-order valence-electron chi connectivity index (χ3n) is 7.21. The number of hydrogen-bond acceptors (Lipinski definition) is 5. The van der Waals surface area contributed by atoms with Crippen LogP contribution in [0.3, 0.4) is 0 Å². The molecule has 0 spiro atoms. The highest BCUT2D eigenvalue weighted by molar-refractivity contribution is 5.90. The quantitative estimate of drug-likeness (QED) is 0.438. The van der Waals surface area contributed by atoms with Crippen LogP contribution >= 0.6 is 0 Å². The molecule has 0 aromatic heterocycles. The summed E-state index contributed by atoms with van der Waals surface area (Å²) in [5.74, 6) is -0.0763. The number of hydrogen-bond donors (Lipinski definition) is 0. The highest BCUT2D eigenvalue weighted by atomic mass is 16.5. The van der Waals surface area contributed by atoms with Crippen molar-refractivity contribution in [1.82, 2.24) is 0 Å². The Kier molecular flexibility index (Phi) is 4.67. The zero-order valence-electron chi connectivity index (χ0n) is 16.5.